The van der Waals surface area contributed by atoms with Crippen LogP contribution in [0.3, 0.4) is 0 Å². The maximum Gasteiger partial charge on any atom is 0.330 e. The van der Waals surface area contributed by atoms with E-state index >= 15 is 0 Å². The molecule has 74 valence electrons. The molecule has 0 bridgehead atoms. The second-order valence-corrected chi connectivity index (χ2v) is 3.24. The molecule has 2 rings (SSSR count). The highest BCUT2D eigenvalue weighted by atomic mass is 16.2. The maximum absolute atomic E-state index is 11.7. The summed E-state index contributed by atoms with van der Waals surface area (Å²) in [7, 11) is 0. The Morgan fingerprint density at radius 1 is 1.50 bits per heavy atom. The van der Waals surface area contributed by atoms with Gasteiger partial charge in [-0.05, 0) is 12.5 Å². The molecule has 0 N–H and O–H groups in total. The summed E-state index contributed by atoms with van der Waals surface area (Å²) in [4.78, 5) is 29.4. The molecule has 2 heterocycles. The number of amidine groups is 1. The monoisotopic (exact) mass is 193 g/mol. The van der Waals surface area contributed by atoms with Gasteiger partial charge in [-0.3, -0.25) is 9.69 Å². The molecular weight excluding hydrogens is 182 g/mol. The fraction of sp³-hybridized carbons (Fsp3) is 0.444. The van der Waals surface area contributed by atoms with Gasteiger partial charge in [0.25, 0.3) is 5.91 Å². The SMILES string of the molecule is CCCN1C=CC2=NC(=O)CN2C1=O. The summed E-state index contributed by atoms with van der Waals surface area (Å²) < 4.78 is 0. The van der Waals surface area contributed by atoms with Gasteiger partial charge in [-0.2, -0.15) is 4.99 Å². The Kier molecular flexibility index (Phi) is 2.07. The second kappa shape index (κ2) is 3.25. The summed E-state index contributed by atoms with van der Waals surface area (Å²) in [6.45, 7) is 2.76. The Morgan fingerprint density at radius 3 is 3.00 bits per heavy atom. The van der Waals surface area contributed by atoms with Gasteiger partial charge < -0.3 is 4.90 Å². The molecule has 5 heteroatoms. The molecule has 0 aromatic rings. The number of hydrogen-bond acceptors (Lipinski definition) is 2. The summed E-state index contributed by atoms with van der Waals surface area (Å²) >= 11 is 0. The predicted molar refractivity (Wildman–Crippen MR) is 50.7 cm³/mol. The first kappa shape index (κ1) is 8.93. The van der Waals surface area contributed by atoms with Crippen molar-refractivity contribution < 1.29 is 9.59 Å². The first-order valence-electron chi connectivity index (χ1n) is 4.60. The number of hydrogen-bond donors (Lipinski definition) is 0. The number of rotatable bonds is 2. The number of aliphatic imine (C=N–C) groups is 1. The van der Waals surface area contributed by atoms with Crippen molar-refractivity contribution in [2.45, 2.75) is 13.3 Å². The van der Waals surface area contributed by atoms with Crippen molar-refractivity contribution in [2.24, 2.45) is 4.99 Å². The zero-order valence-corrected chi connectivity index (χ0v) is 7.93. The molecule has 0 aliphatic carbocycles. The van der Waals surface area contributed by atoms with Gasteiger partial charge in [0.15, 0.2) is 0 Å². The minimum Gasteiger partial charge on any atom is -0.301 e. The third-order valence-corrected chi connectivity index (χ3v) is 2.15. The van der Waals surface area contributed by atoms with Crippen LogP contribution in [0.25, 0.3) is 0 Å². The maximum atomic E-state index is 11.7. The standard InChI is InChI=1S/C9H11N3O2/c1-2-4-11-5-3-7-10-8(13)6-12(7)9(11)14/h3,5H,2,4,6H2,1H3. The molecule has 0 aromatic heterocycles. The molecule has 0 unspecified atom stereocenters. The van der Waals surface area contributed by atoms with Crippen LogP contribution < -0.4 is 0 Å². The number of carbonyl (C=O) groups is 2. The van der Waals surface area contributed by atoms with Gasteiger partial charge in [-0.15, -0.1) is 0 Å². The lowest BCUT2D eigenvalue weighted by Crippen LogP contribution is -2.45. The van der Waals surface area contributed by atoms with Crippen molar-refractivity contribution in [2.75, 3.05) is 13.1 Å². The van der Waals surface area contributed by atoms with Gasteiger partial charge in [0.05, 0.1) is 0 Å². The van der Waals surface area contributed by atoms with Crippen molar-refractivity contribution >= 4 is 17.8 Å². The first-order chi connectivity index (χ1) is 6.72. The van der Waals surface area contributed by atoms with E-state index in [-0.39, 0.29) is 18.5 Å². The molecule has 3 amide bonds. The van der Waals surface area contributed by atoms with Gasteiger partial charge in [0, 0.05) is 12.7 Å². The molecule has 2 aliphatic rings. The Hall–Kier alpha value is -1.65. The van der Waals surface area contributed by atoms with Crippen LogP contribution in [0.4, 0.5) is 4.79 Å². The molecular formula is C9H11N3O2. The molecule has 0 fully saturated rings. The van der Waals surface area contributed by atoms with E-state index in [0.717, 1.165) is 6.42 Å². The normalized spacial score (nSPS) is 20.2. The van der Waals surface area contributed by atoms with Crippen molar-refractivity contribution in [1.29, 1.82) is 0 Å². The lowest BCUT2D eigenvalue weighted by atomic mass is 10.3. The van der Waals surface area contributed by atoms with Gasteiger partial charge in [0.2, 0.25) is 0 Å². The summed E-state index contributed by atoms with van der Waals surface area (Å²) in [5.74, 6) is 0.212. The Bertz CT molecular complexity index is 346. The Balaban J connectivity index is 2.21. The van der Waals surface area contributed by atoms with Crippen LogP contribution in [0.2, 0.25) is 0 Å². The van der Waals surface area contributed by atoms with Crippen molar-refractivity contribution in [1.82, 2.24) is 9.80 Å². The number of fused-ring (bicyclic) bond motifs is 1. The van der Waals surface area contributed by atoms with E-state index in [2.05, 4.69) is 4.99 Å². The van der Waals surface area contributed by atoms with Gasteiger partial charge in [0.1, 0.15) is 12.4 Å². The average molecular weight is 193 g/mol. The zero-order valence-electron chi connectivity index (χ0n) is 7.93. The minimum absolute atomic E-state index is 0.0821. The first-order valence-corrected chi connectivity index (χ1v) is 4.60. The number of nitrogens with zero attached hydrogens (tertiary/aromatic N) is 3. The van der Waals surface area contributed by atoms with E-state index in [4.69, 9.17) is 0 Å². The van der Waals surface area contributed by atoms with E-state index < -0.39 is 0 Å². The summed E-state index contributed by atoms with van der Waals surface area (Å²) in [5, 5.41) is 0. The number of urea groups is 1. The highest BCUT2D eigenvalue weighted by Gasteiger charge is 2.32. The quantitative estimate of drug-likeness (QED) is 0.644. The largest absolute Gasteiger partial charge is 0.330 e. The van der Waals surface area contributed by atoms with Gasteiger partial charge in [-0.1, -0.05) is 6.92 Å². The summed E-state index contributed by atoms with van der Waals surface area (Å²) in [6, 6.07) is -0.154. The van der Waals surface area contributed by atoms with Crippen LogP contribution in [0, 0.1) is 0 Å². The molecule has 2 aliphatic heterocycles. The lowest BCUT2D eigenvalue weighted by Gasteiger charge is -2.27. The van der Waals surface area contributed by atoms with Crippen LogP contribution in [0.5, 0.6) is 0 Å². The number of amides is 3. The van der Waals surface area contributed by atoms with E-state index in [9.17, 15) is 9.59 Å². The zero-order chi connectivity index (χ0) is 10.1. The second-order valence-electron chi connectivity index (χ2n) is 3.24. The summed E-state index contributed by atoms with van der Waals surface area (Å²) in [5.41, 5.74) is 0. The molecule has 0 atom stereocenters. The lowest BCUT2D eigenvalue weighted by molar-refractivity contribution is -0.116. The minimum atomic E-state index is -0.253. The van der Waals surface area contributed by atoms with Crippen molar-refractivity contribution in [3.05, 3.63) is 12.3 Å². The van der Waals surface area contributed by atoms with Crippen molar-refractivity contribution in [3.63, 3.8) is 0 Å². The van der Waals surface area contributed by atoms with Crippen LogP contribution >= 0.6 is 0 Å². The highest BCUT2D eigenvalue weighted by Crippen LogP contribution is 2.14. The predicted octanol–water partition coefficient (Wildman–Crippen LogP) is 0.586. The summed E-state index contributed by atoms with van der Waals surface area (Å²) in [6.07, 6.45) is 4.27. The van der Waals surface area contributed by atoms with E-state index in [1.165, 1.54) is 4.90 Å². The van der Waals surface area contributed by atoms with E-state index in [1.807, 2.05) is 6.92 Å². The van der Waals surface area contributed by atoms with Gasteiger partial charge in [-0.25, -0.2) is 4.79 Å². The fourth-order valence-corrected chi connectivity index (χ4v) is 1.52. The molecule has 0 saturated heterocycles. The molecule has 14 heavy (non-hydrogen) atoms. The van der Waals surface area contributed by atoms with Gasteiger partial charge >= 0.3 is 6.03 Å². The highest BCUT2D eigenvalue weighted by molar-refractivity contribution is 6.15. The van der Waals surface area contributed by atoms with E-state index in [0.29, 0.717) is 12.4 Å². The smallest absolute Gasteiger partial charge is 0.301 e. The topological polar surface area (TPSA) is 53.0 Å². The molecule has 5 nitrogen and oxygen atoms in total. The molecule has 0 saturated carbocycles. The molecule has 0 aromatic carbocycles. The fourth-order valence-electron chi connectivity index (χ4n) is 1.52. The van der Waals surface area contributed by atoms with Crippen LogP contribution in [0.1, 0.15) is 13.3 Å². The molecule has 0 spiro atoms. The third-order valence-electron chi connectivity index (χ3n) is 2.15. The van der Waals surface area contributed by atoms with Crippen LogP contribution in [-0.2, 0) is 4.79 Å². The van der Waals surface area contributed by atoms with Crippen LogP contribution in [-0.4, -0.2) is 40.7 Å². The van der Waals surface area contributed by atoms with Crippen molar-refractivity contribution in [3.8, 4) is 0 Å². The average Bonchev–Trinajstić information content (AvgIpc) is 2.52. The Morgan fingerprint density at radius 2 is 2.29 bits per heavy atom. The number of carbonyl (C=O) groups excluding carboxylic acids is 2. The Labute approximate surface area is 81.7 Å². The van der Waals surface area contributed by atoms with E-state index in [1.54, 1.807) is 17.2 Å². The molecule has 0 radical (unpaired) electrons. The third kappa shape index (κ3) is 1.30. The van der Waals surface area contributed by atoms with Crippen LogP contribution in [0.15, 0.2) is 17.3 Å².